The smallest absolute Gasteiger partial charge is 0.0958 e. The Bertz CT molecular complexity index is 695. The summed E-state index contributed by atoms with van der Waals surface area (Å²) in [6.07, 6.45) is 6.65. The van der Waals surface area contributed by atoms with E-state index in [0.717, 1.165) is 24.9 Å². The summed E-state index contributed by atoms with van der Waals surface area (Å²) >= 11 is 0. The van der Waals surface area contributed by atoms with Crippen LogP contribution in [0.1, 0.15) is 30.9 Å². The van der Waals surface area contributed by atoms with Crippen LogP contribution in [0.15, 0.2) is 54.9 Å². The minimum absolute atomic E-state index is 1.05. The predicted molar refractivity (Wildman–Crippen MR) is 88.5 cm³/mol. The molecule has 0 saturated heterocycles. The highest BCUT2D eigenvalue weighted by atomic mass is 15.0. The Labute approximate surface area is 126 Å². The van der Waals surface area contributed by atoms with Gasteiger partial charge >= 0.3 is 0 Å². The Morgan fingerprint density at radius 3 is 2.48 bits per heavy atom. The predicted octanol–water partition coefficient (Wildman–Crippen LogP) is 4.62. The van der Waals surface area contributed by atoms with Gasteiger partial charge in [0.1, 0.15) is 0 Å². The van der Waals surface area contributed by atoms with E-state index >= 15 is 0 Å². The lowest BCUT2D eigenvalue weighted by Crippen LogP contribution is -1.97. The molecule has 3 rings (SSSR count). The third-order valence-electron chi connectivity index (χ3n) is 4.07. The highest BCUT2D eigenvalue weighted by molar-refractivity contribution is 5.74. The van der Waals surface area contributed by atoms with Crippen LogP contribution in [0.3, 0.4) is 0 Å². The first-order valence-electron chi connectivity index (χ1n) is 7.84. The second-order valence-corrected chi connectivity index (χ2v) is 5.55. The van der Waals surface area contributed by atoms with Crippen LogP contribution in [0.4, 0.5) is 0 Å². The Balaban J connectivity index is 1.51. The summed E-state index contributed by atoms with van der Waals surface area (Å²) in [7, 11) is 0. The molecule has 0 fully saturated rings. The van der Waals surface area contributed by atoms with E-state index in [-0.39, 0.29) is 0 Å². The fourth-order valence-corrected chi connectivity index (χ4v) is 2.74. The zero-order chi connectivity index (χ0) is 14.5. The second-order valence-electron chi connectivity index (χ2n) is 5.55. The van der Waals surface area contributed by atoms with Crippen LogP contribution in [0, 0.1) is 0 Å². The highest BCUT2D eigenvalue weighted by Gasteiger charge is 2.01. The molecule has 0 spiro atoms. The topological polar surface area (TPSA) is 17.8 Å². The number of benzene rings is 2. The summed E-state index contributed by atoms with van der Waals surface area (Å²) in [4.78, 5) is 4.44. The maximum absolute atomic E-state index is 4.44. The van der Waals surface area contributed by atoms with Crippen molar-refractivity contribution in [2.45, 2.75) is 39.2 Å². The van der Waals surface area contributed by atoms with Crippen LogP contribution < -0.4 is 0 Å². The first kappa shape index (κ1) is 13.9. The molecule has 2 nitrogen and oxygen atoms in total. The summed E-state index contributed by atoms with van der Waals surface area (Å²) in [5, 5.41) is 0. The molecular formula is C19H22N2. The SMILES string of the molecule is CCc1ccc(CCCCn2cnc3ccccc32)cc1. The molecule has 0 amide bonds. The molecule has 0 bridgehead atoms. The van der Waals surface area contributed by atoms with E-state index in [4.69, 9.17) is 0 Å². The first-order chi connectivity index (χ1) is 10.4. The average molecular weight is 278 g/mol. The van der Waals surface area contributed by atoms with E-state index in [1.54, 1.807) is 0 Å². The summed E-state index contributed by atoms with van der Waals surface area (Å²) in [6, 6.07) is 17.4. The van der Waals surface area contributed by atoms with Gasteiger partial charge in [-0.1, -0.05) is 43.3 Å². The number of imidazole rings is 1. The third kappa shape index (κ3) is 3.33. The van der Waals surface area contributed by atoms with E-state index in [2.05, 4.69) is 58.9 Å². The van der Waals surface area contributed by atoms with Crippen molar-refractivity contribution in [3.63, 3.8) is 0 Å². The van der Waals surface area contributed by atoms with Gasteiger partial charge in [-0.05, 0) is 48.9 Å². The number of rotatable bonds is 6. The van der Waals surface area contributed by atoms with Gasteiger partial charge in [0.2, 0.25) is 0 Å². The Kier molecular flexibility index (Phi) is 4.34. The van der Waals surface area contributed by atoms with Crippen molar-refractivity contribution in [3.8, 4) is 0 Å². The van der Waals surface area contributed by atoms with Gasteiger partial charge in [-0.15, -0.1) is 0 Å². The normalized spacial score (nSPS) is 11.1. The third-order valence-corrected chi connectivity index (χ3v) is 4.07. The van der Waals surface area contributed by atoms with Crippen LogP contribution in [0.5, 0.6) is 0 Å². The number of hydrogen-bond donors (Lipinski definition) is 0. The molecule has 0 aliphatic rings. The standard InChI is InChI=1S/C19H22N2/c1-2-16-10-12-17(13-11-16)7-5-6-14-21-15-20-18-8-3-4-9-19(18)21/h3-4,8-13,15H,2,5-7,14H2,1H3. The number of para-hydroxylation sites is 2. The van der Waals surface area contributed by atoms with Gasteiger partial charge < -0.3 is 4.57 Å². The second kappa shape index (κ2) is 6.57. The minimum Gasteiger partial charge on any atom is -0.331 e. The van der Waals surface area contributed by atoms with E-state index in [0.29, 0.717) is 0 Å². The van der Waals surface area contributed by atoms with Gasteiger partial charge in [-0.3, -0.25) is 0 Å². The molecule has 2 heteroatoms. The average Bonchev–Trinajstić information content (AvgIpc) is 2.95. The van der Waals surface area contributed by atoms with Crippen LogP contribution in [0.25, 0.3) is 11.0 Å². The number of fused-ring (bicyclic) bond motifs is 1. The molecule has 0 aliphatic heterocycles. The van der Waals surface area contributed by atoms with Gasteiger partial charge in [-0.25, -0.2) is 4.98 Å². The molecule has 3 aromatic rings. The van der Waals surface area contributed by atoms with Crippen molar-refractivity contribution >= 4 is 11.0 Å². The number of aryl methyl sites for hydroxylation is 3. The van der Waals surface area contributed by atoms with Crippen LogP contribution >= 0.6 is 0 Å². The minimum atomic E-state index is 1.05. The molecule has 1 heterocycles. The van der Waals surface area contributed by atoms with Gasteiger partial charge in [0, 0.05) is 6.54 Å². The van der Waals surface area contributed by atoms with Crippen molar-refractivity contribution in [3.05, 3.63) is 66.0 Å². The van der Waals surface area contributed by atoms with E-state index in [1.807, 2.05) is 12.4 Å². The monoisotopic (exact) mass is 278 g/mol. The van der Waals surface area contributed by atoms with Gasteiger partial charge in [0.25, 0.3) is 0 Å². The van der Waals surface area contributed by atoms with Gasteiger partial charge in [-0.2, -0.15) is 0 Å². The Morgan fingerprint density at radius 2 is 1.67 bits per heavy atom. The van der Waals surface area contributed by atoms with Crippen molar-refractivity contribution < 1.29 is 0 Å². The summed E-state index contributed by atoms with van der Waals surface area (Å²) in [6.45, 7) is 3.25. The Morgan fingerprint density at radius 1 is 0.905 bits per heavy atom. The van der Waals surface area contributed by atoms with Crippen molar-refractivity contribution in [2.75, 3.05) is 0 Å². The molecule has 21 heavy (non-hydrogen) atoms. The van der Waals surface area contributed by atoms with Crippen LogP contribution in [-0.2, 0) is 19.4 Å². The van der Waals surface area contributed by atoms with E-state index in [9.17, 15) is 0 Å². The quantitative estimate of drug-likeness (QED) is 0.601. The molecule has 1 aromatic heterocycles. The van der Waals surface area contributed by atoms with Crippen LogP contribution in [0.2, 0.25) is 0 Å². The Hall–Kier alpha value is -2.09. The van der Waals surface area contributed by atoms with Gasteiger partial charge in [0.15, 0.2) is 0 Å². The number of unbranched alkanes of at least 4 members (excludes halogenated alkanes) is 1. The van der Waals surface area contributed by atoms with E-state index < -0.39 is 0 Å². The molecule has 0 radical (unpaired) electrons. The van der Waals surface area contributed by atoms with Crippen LogP contribution in [-0.4, -0.2) is 9.55 Å². The maximum Gasteiger partial charge on any atom is 0.0958 e. The molecule has 0 unspecified atom stereocenters. The maximum atomic E-state index is 4.44. The zero-order valence-electron chi connectivity index (χ0n) is 12.6. The van der Waals surface area contributed by atoms with E-state index in [1.165, 1.54) is 29.5 Å². The lowest BCUT2D eigenvalue weighted by Gasteiger charge is -2.05. The summed E-state index contributed by atoms with van der Waals surface area (Å²) in [5.74, 6) is 0. The molecule has 0 aliphatic carbocycles. The lowest BCUT2D eigenvalue weighted by atomic mass is 10.1. The molecule has 0 atom stereocenters. The first-order valence-corrected chi connectivity index (χ1v) is 7.84. The fourth-order valence-electron chi connectivity index (χ4n) is 2.74. The summed E-state index contributed by atoms with van der Waals surface area (Å²) in [5.41, 5.74) is 5.20. The molecule has 108 valence electrons. The molecule has 2 aromatic carbocycles. The fraction of sp³-hybridized carbons (Fsp3) is 0.316. The van der Waals surface area contributed by atoms with Crippen molar-refractivity contribution in [1.82, 2.24) is 9.55 Å². The molecule has 0 N–H and O–H groups in total. The molecular weight excluding hydrogens is 256 g/mol. The number of hydrogen-bond acceptors (Lipinski definition) is 1. The highest BCUT2D eigenvalue weighted by Crippen LogP contribution is 2.14. The summed E-state index contributed by atoms with van der Waals surface area (Å²) < 4.78 is 2.26. The molecule has 0 saturated carbocycles. The number of nitrogens with zero attached hydrogens (tertiary/aromatic N) is 2. The van der Waals surface area contributed by atoms with Crippen molar-refractivity contribution in [2.24, 2.45) is 0 Å². The van der Waals surface area contributed by atoms with Crippen molar-refractivity contribution in [1.29, 1.82) is 0 Å². The zero-order valence-corrected chi connectivity index (χ0v) is 12.6. The lowest BCUT2D eigenvalue weighted by molar-refractivity contribution is 0.621. The largest absolute Gasteiger partial charge is 0.331 e. The van der Waals surface area contributed by atoms with Gasteiger partial charge in [0.05, 0.1) is 17.4 Å². The number of aromatic nitrogens is 2.